The highest BCUT2D eigenvalue weighted by Crippen LogP contribution is 2.35. The Hall–Kier alpha value is -3.91. The van der Waals surface area contributed by atoms with Crippen LogP contribution in [0.1, 0.15) is 50.3 Å². The van der Waals surface area contributed by atoms with E-state index in [-0.39, 0.29) is 18.1 Å². The van der Waals surface area contributed by atoms with E-state index in [1.54, 1.807) is 18.3 Å². The molecule has 206 valence electrons. The summed E-state index contributed by atoms with van der Waals surface area (Å²) in [5.41, 5.74) is 3.78. The molecule has 0 unspecified atom stereocenters. The zero-order valence-electron chi connectivity index (χ0n) is 23.2. The van der Waals surface area contributed by atoms with Gasteiger partial charge in [0.15, 0.2) is 23.9 Å². The number of hydrogen-bond acceptors (Lipinski definition) is 7. The van der Waals surface area contributed by atoms with E-state index in [1.165, 1.54) is 4.68 Å². The van der Waals surface area contributed by atoms with Gasteiger partial charge in [-0.15, -0.1) is 0 Å². The summed E-state index contributed by atoms with van der Waals surface area (Å²) in [7, 11) is 0. The van der Waals surface area contributed by atoms with E-state index in [1.807, 2.05) is 63.2 Å². The van der Waals surface area contributed by atoms with Crippen LogP contribution in [0.15, 0.2) is 58.4 Å². The lowest BCUT2D eigenvalue weighted by atomic mass is 9.96. The third-order valence-electron chi connectivity index (χ3n) is 6.21. The van der Waals surface area contributed by atoms with E-state index in [4.69, 9.17) is 24.5 Å². The number of nitrogens with zero attached hydrogens (tertiary/aromatic N) is 4. The van der Waals surface area contributed by atoms with Crippen LogP contribution in [0.5, 0.6) is 17.2 Å². The molecule has 4 rings (SSSR count). The third-order valence-corrected chi connectivity index (χ3v) is 7.01. The Kier molecular flexibility index (Phi) is 9.42. The maximum absolute atomic E-state index is 13.8. The van der Waals surface area contributed by atoms with E-state index in [2.05, 4.69) is 41.5 Å². The first-order chi connectivity index (χ1) is 19.3. The van der Waals surface area contributed by atoms with Gasteiger partial charge in [-0.25, -0.2) is 4.98 Å². The Bertz CT molecular complexity index is 1670. The largest absolute Gasteiger partial charge is 0.494 e. The molecule has 1 aromatic heterocycles. The Morgan fingerprint density at radius 3 is 2.50 bits per heavy atom. The molecule has 0 amide bonds. The molecule has 0 spiro atoms. The predicted octanol–water partition coefficient (Wildman–Crippen LogP) is 6.68. The molecule has 0 fully saturated rings. The Balaban J connectivity index is 1.92. The summed E-state index contributed by atoms with van der Waals surface area (Å²) in [5, 5.41) is 14.1. The molecule has 40 heavy (non-hydrogen) atoms. The molecule has 0 aliphatic carbocycles. The van der Waals surface area contributed by atoms with Crippen molar-refractivity contribution in [2.75, 3.05) is 19.8 Å². The van der Waals surface area contributed by atoms with Gasteiger partial charge in [0.25, 0.3) is 5.56 Å². The molecule has 3 aromatic carbocycles. The standard InChI is InChI=1S/C31H31IN4O4/c1-6-38-27-14-20(5)24(17-23(27)19(3)4)30-35-26-11-9-8-10-22(26)31(37)36(30)34-18-21-15-25(32)29(40-13-12-33)28(16-21)39-7-2/h8-11,14-19H,6-7,13H2,1-5H3. The molecular weight excluding hydrogens is 619 g/mol. The van der Waals surface area contributed by atoms with Gasteiger partial charge >= 0.3 is 0 Å². The molecule has 0 radical (unpaired) electrons. The lowest BCUT2D eigenvalue weighted by Crippen LogP contribution is -2.21. The van der Waals surface area contributed by atoms with Crippen molar-refractivity contribution >= 4 is 39.7 Å². The molecule has 0 saturated heterocycles. The van der Waals surface area contributed by atoms with Crippen LogP contribution in [0.25, 0.3) is 22.3 Å². The molecule has 1 heterocycles. The van der Waals surface area contributed by atoms with Crippen LogP contribution < -0.4 is 19.8 Å². The lowest BCUT2D eigenvalue weighted by Gasteiger charge is -2.18. The first kappa shape index (κ1) is 29.1. The zero-order chi connectivity index (χ0) is 28.8. The van der Waals surface area contributed by atoms with E-state index in [9.17, 15) is 4.79 Å². The minimum atomic E-state index is -0.273. The molecule has 0 atom stereocenters. The minimum Gasteiger partial charge on any atom is -0.494 e. The van der Waals surface area contributed by atoms with Crippen molar-refractivity contribution in [3.8, 4) is 34.7 Å². The lowest BCUT2D eigenvalue weighted by molar-refractivity contribution is 0.297. The van der Waals surface area contributed by atoms with Crippen LogP contribution in [-0.2, 0) is 0 Å². The van der Waals surface area contributed by atoms with Crippen LogP contribution in [0, 0.1) is 21.8 Å². The minimum absolute atomic E-state index is 0.0924. The summed E-state index contributed by atoms with van der Waals surface area (Å²) in [5.74, 6) is 2.47. The number of ether oxygens (including phenoxy) is 3. The Labute approximate surface area is 247 Å². The van der Waals surface area contributed by atoms with Crippen molar-refractivity contribution in [3.05, 3.63) is 79.1 Å². The summed E-state index contributed by atoms with van der Waals surface area (Å²) >= 11 is 2.13. The van der Waals surface area contributed by atoms with E-state index in [0.717, 1.165) is 26.0 Å². The molecule has 0 bridgehead atoms. The fourth-order valence-corrected chi connectivity index (χ4v) is 5.15. The van der Waals surface area contributed by atoms with Gasteiger partial charge in [0.1, 0.15) is 11.8 Å². The molecular formula is C31H31IN4O4. The van der Waals surface area contributed by atoms with Gasteiger partial charge in [0, 0.05) is 5.56 Å². The van der Waals surface area contributed by atoms with Gasteiger partial charge in [0.2, 0.25) is 0 Å². The number of hydrogen-bond donors (Lipinski definition) is 0. The number of nitriles is 1. The summed E-state index contributed by atoms with van der Waals surface area (Å²) in [4.78, 5) is 18.7. The second kappa shape index (κ2) is 13.0. The average Bonchev–Trinajstić information content (AvgIpc) is 2.92. The summed E-state index contributed by atoms with van der Waals surface area (Å²) in [6.07, 6.45) is 1.60. The number of rotatable bonds is 10. The van der Waals surface area contributed by atoms with E-state index in [0.29, 0.717) is 47.0 Å². The molecule has 4 aromatic rings. The highest BCUT2D eigenvalue weighted by atomic mass is 127. The molecule has 0 aliphatic heterocycles. The fraction of sp³-hybridized carbons (Fsp3) is 0.290. The number of benzene rings is 3. The van der Waals surface area contributed by atoms with Crippen molar-refractivity contribution in [3.63, 3.8) is 0 Å². The van der Waals surface area contributed by atoms with Crippen molar-refractivity contribution in [2.45, 2.75) is 40.5 Å². The van der Waals surface area contributed by atoms with Crippen LogP contribution >= 0.6 is 22.6 Å². The highest BCUT2D eigenvalue weighted by molar-refractivity contribution is 14.1. The second-order valence-corrected chi connectivity index (χ2v) is 10.5. The van der Waals surface area contributed by atoms with E-state index >= 15 is 0 Å². The number of aryl methyl sites for hydroxylation is 1. The van der Waals surface area contributed by atoms with Gasteiger partial charge in [-0.3, -0.25) is 4.79 Å². The maximum atomic E-state index is 13.8. The number of aromatic nitrogens is 2. The summed E-state index contributed by atoms with van der Waals surface area (Å²) in [6.45, 7) is 10.9. The van der Waals surface area contributed by atoms with Crippen molar-refractivity contribution in [2.24, 2.45) is 5.10 Å². The molecule has 9 heteroatoms. The topological polar surface area (TPSA) is 98.7 Å². The molecule has 8 nitrogen and oxygen atoms in total. The Morgan fingerprint density at radius 2 is 1.80 bits per heavy atom. The first-order valence-electron chi connectivity index (χ1n) is 13.1. The SMILES string of the molecule is CCOc1cc(C)c(-c2nc3ccccc3c(=O)n2N=Cc2cc(I)c(OCC#N)c(OCC)c2)cc1C(C)C. The zero-order valence-corrected chi connectivity index (χ0v) is 25.4. The smallest absolute Gasteiger partial charge is 0.282 e. The van der Waals surface area contributed by atoms with Crippen LogP contribution in [-0.4, -0.2) is 35.7 Å². The maximum Gasteiger partial charge on any atom is 0.282 e. The summed E-state index contributed by atoms with van der Waals surface area (Å²) < 4.78 is 19.4. The average molecular weight is 651 g/mol. The molecule has 0 saturated carbocycles. The Morgan fingerprint density at radius 1 is 1.07 bits per heavy atom. The normalized spacial score (nSPS) is 11.2. The highest BCUT2D eigenvalue weighted by Gasteiger charge is 2.19. The first-order valence-corrected chi connectivity index (χ1v) is 14.2. The quantitative estimate of drug-likeness (QED) is 0.140. The second-order valence-electron chi connectivity index (χ2n) is 9.32. The number of fused-ring (bicyclic) bond motifs is 1. The van der Waals surface area contributed by atoms with Crippen LogP contribution in [0.4, 0.5) is 0 Å². The van der Waals surface area contributed by atoms with E-state index < -0.39 is 0 Å². The van der Waals surface area contributed by atoms with Gasteiger partial charge in [-0.1, -0.05) is 26.0 Å². The predicted molar refractivity (Wildman–Crippen MR) is 166 cm³/mol. The van der Waals surface area contributed by atoms with Gasteiger partial charge in [0.05, 0.1) is 33.9 Å². The van der Waals surface area contributed by atoms with Gasteiger partial charge < -0.3 is 14.2 Å². The summed E-state index contributed by atoms with van der Waals surface area (Å²) in [6, 6.07) is 16.9. The van der Waals surface area contributed by atoms with Crippen molar-refractivity contribution in [1.82, 2.24) is 9.66 Å². The van der Waals surface area contributed by atoms with Gasteiger partial charge in [-0.05, 0) is 102 Å². The number of para-hydroxylation sites is 1. The monoisotopic (exact) mass is 650 g/mol. The number of halogens is 1. The van der Waals surface area contributed by atoms with Crippen LogP contribution in [0.3, 0.4) is 0 Å². The fourth-order valence-electron chi connectivity index (χ4n) is 4.37. The molecule has 0 aliphatic rings. The van der Waals surface area contributed by atoms with Crippen molar-refractivity contribution in [1.29, 1.82) is 5.26 Å². The molecule has 0 N–H and O–H groups in total. The van der Waals surface area contributed by atoms with Crippen LogP contribution in [0.2, 0.25) is 0 Å². The van der Waals surface area contributed by atoms with Crippen molar-refractivity contribution < 1.29 is 14.2 Å². The third kappa shape index (κ3) is 6.12. The van der Waals surface area contributed by atoms with Gasteiger partial charge in [-0.2, -0.15) is 15.0 Å².